The van der Waals surface area contributed by atoms with Crippen LogP contribution in [0.3, 0.4) is 0 Å². The van der Waals surface area contributed by atoms with Gasteiger partial charge in [-0.1, -0.05) is 31.4 Å². The summed E-state index contributed by atoms with van der Waals surface area (Å²) in [5.74, 6) is 0.851. The smallest absolute Gasteiger partial charge is 0.0647 e. The molecule has 1 saturated carbocycles. The molecule has 0 aliphatic heterocycles. The summed E-state index contributed by atoms with van der Waals surface area (Å²) in [5.41, 5.74) is 0. The molecule has 1 aliphatic rings. The van der Waals surface area contributed by atoms with Gasteiger partial charge < -0.3 is 4.74 Å². The molecule has 1 nitrogen and oxygen atoms in total. The van der Waals surface area contributed by atoms with Crippen molar-refractivity contribution in [2.24, 2.45) is 5.92 Å². The predicted octanol–water partition coefficient (Wildman–Crippen LogP) is 3.16. The Kier molecular flexibility index (Phi) is 5.09. The van der Waals surface area contributed by atoms with Gasteiger partial charge in [0.25, 0.3) is 0 Å². The van der Waals surface area contributed by atoms with Gasteiger partial charge in [-0.3, -0.25) is 0 Å². The molecule has 0 bridgehead atoms. The molecule has 0 radical (unpaired) electrons. The fourth-order valence-corrected chi connectivity index (χ4v) is 1.75. The summed E-state index contributed by atoms with van der Waals surface area (Å²) in [5, 5.41) is 0. The Morgan fingerprint density at radius 3 is 2.67 bits per heavy atom. The van der Waals surface area contributed by atoms with Crippen molar-refractivity contribution in [3.05, 3.63) is 12.2 Å². The second-order valence-electron chi connectivity index (χ2n) is 3.61. The standard InChI is InChI=1S/C11H20O/c1-2-3-9-12-10-11-7-5-4-6-8-11/h2-3,11H,4-10H2,1H3/b3-2-. The van der Waals surface area contributed by atoms with E-state index in [2.05, 4.69) is 6.08 Å². The maximum atomic E-state index is 5.53. The van der Waals surface area contributed by atoms with Gasteiger partial charge >= 0.3 is 0 Å². The molecule has 0 spiro atoms. The van der Waals surface area contributed by atoms with Crippen molar-refractivity contribution in [3.8, 4) is 0 Å². The Bertz CT molecular complexity index is 123. The fraction of sp³-hybridized carbons (Fsp3) is 0.818. The van der Waals surface area contributed by atoms with E-state index in [9.17, 15) is 0 Å². The number of allylic oxidation sites excluding steroid dienone is 1. The minimum Gasteiger partial charge on any atom is -0.377 e. The molecule has 12 heavy (non-hydrogen) atoms. The van der Waals surface area contributed by atoms with Crippen LogP contribution in [-0.2, 0) is 4.74 Å². The third-order valence-electron chi connectivity index (χ3n) is 2.53. The third kappa shape index (κ3) is 3.91. The maximum absolute atomic E-state index is 5.53. The van der Waals surface area contributed by atoms with Crippen LogP contribution in [0, 0.1) is 5.92 Å². The van der Waals surface area contributed by atoms with E-state index in [1.54, 1.807) is 0 Å². The summed E-state index contributed by atoms with van der Waals surface area (Å²) in [6, 6.07) is 0. The lowest BCUT2D eigenvalue weighted by Crippen LogP contribution is -2.13. The van der Waals surface area contributed by atoms with Crippen LogP contribution in [-0.4, -0.2) is 13.2 Å². The number of hydrogen-bond acceptors (Lipinski definition) is 1. The van der Waals surface area contributed by atoms with Crippen molar-refractivity contribution in [1.82, 2.24) is 0 Å². The van der Waals surface area contributed by atoms with E-state index in [-0.39, 0.29) is 0 Å². The zero-order valence-electron chi connectivity index (χ0n) is 8.09. The van der Waals surface area contributed by atoms with E-state index in [1.165, 1.54) is 32.1 Å². The van der Waals surface area contributed by atoms with Crippen LogP contribution in [0.2, 0.25) is 0 Å². The van der Waals surface area contributed by atoms with Crippen molar-refractivity contribution < 1.29 is 4.74 Å². The molecule has 0 heterocycles. The van der Waals surface area contributed by atoms with E-state index in [0.29, 0.717) is 0 Å². The van der Waals surface area contributed by atoms with Gasteiger partial charge in [0.15, 0.2) is 0 Å². The first-order chi connectivity index (χ1) is 5.93. The highest BCUT2D eigenvalue weighted by atomic mass is 16.5. The van der Waals surface area contributed by atoms with Crippen molar-refractivity contribution in [3.63, 3.8) is 0 Å². The molecule has 1 rings (SSSR count). The van der Waals surface area contributed by atoms with Gasteiger partial charge in [0.1, 0.15) is 0 Å². The van der Waals surface area contributed by atoms with Crippen LogP contribution in [0.15, 0.2) is 12.2 Å². The second kappa shape index (κ2) is 6.24. The van der Waals surface area contributed by atoms with Crippen LogP contribution < -0.4 is 0 Å². The molecule has 0 atom stereocenters. The van der Waals surface area contributed by atoms with Crippen LogP contribution in [0.4, 0.5) is 0 Å². The molecule has 0 N–H and O–H groups in total. The van der Waals surface area contributed by atoms with E-state index in [0.717, 1.165) is 19.1 Å². The van der Waals surface area contributed by atoms with Crippen molar-refractivity contribution in [2.45, 2.75) is 39.0 Å². The Hall–Kier alpha value is -0.300. The van der Waals surface area contributed by atoms with Crippen molar-refractivity contribution in [1.29, 1.82) is 0 Å². The average molecular weight is 168 g/mol. The SMILES string of the molecule is C/C=C\COCC1CCCCC1. The molecule has 0 aromatic heterocycles. The minimum absolute atomic E-state index is 0.799. The van der Waals surface area contributed by atoms with E-state index < -0.39 is 0 Å². The minimum atomic E-state index is 0.799. The fourth-order valence-electron chi connectivity index (χ4n) is 1.75. The molecular formula is C11H20O. The molecule has 0 amide bonds. The zero-order chi connectivity index (χ0) is 8.65. The summed E-state index contributed by atoms with van der Waals surface area (Å²) < 4.78 is 5.53. The van der Waals surface area contributed by atoms with E-state index >= 15 is 0 Å². The Labute approximate surface area is 75.8 Å². The lowest BCUT2D eigenvalue weighted by molar-refractivity contribution is 0.106. The molecular weight excluding hydrogens is 148 g/mol. The van der Waals surface area contributed by atoms with Crippen LogP contribution in [0.1, 0.15) is 39.0 Å². The lowest BCUT2D eigenvalue weighted by atomic mass is 9.90. The van der Waals surface area contributed by atoms with Gasteiger partial charge in [0.2, 0.25) is 0 Å². The van der Waals surface area contributed by atoms with E-state index in [4.69, 9.17) is 4.74 Å². The predicted molar refractivity (Wildman–Crippen MR) is 52.2 cm³/mol. The van der Waals surface area contributed by atoms with Gasteiger partial charge in [-0.15, -0.1) is 0 Å². The van der Waals surface area contributed by atoms with Gasteiger partial charge in [0.05, 0.1) is 6.61 Å². The Balaban J connectivity index is 1.97. The van der Waals surface area contributed by atoms with Crippen molar-refractivity contribution >= 4 is 0 Å². The summed E-state index contributed by atoms with van der Waals surface area (Å²) in [6.45, 7) is 3.81. The normalized spacial score (nSPS) is 20.4. The van der Waals surface area contributed by atoms with Crippen LogP contribution >= 0.6 is 0 Å². The number of hydrogen-bond donors (Lipinski definition) is 0. The monoisotopic (exact) mass is 168 g/mol. The molecule has 1 fully saturated rings. The van der Waals surface area contributed by atoms with Crippen LogP contribution in [0.5, 0.6) is 0 Å². The highest BCUT2D eigenvalue weighted by molar-refractivity contribution is 4.76. The molecule has 0 aromatic carbocycles. The maximum Gasteiger partial charge on any atom is 0.0647 e. The van der Waals surface area contributed by atoms with Gasteiger partial charge in [-0.2, -0.15) is 0 Å². The number of rotatable bonds is 4. The zero-order valence-corrected chi connectivity index (χ0v) is 8.09. The summed E-state index contributed by atoms with van der Waals surface area (Å²) in [4.78, 5) is 0. The topological polar surface area (TPSA) is 9.23 Å². The number of ether oxygens (including phenoxy) is 1. The highest BCUT2D eigenvalue weighted by Crippen LogP contribution is 2.23. The molecule has 1 aliphatic carbocycles. The van der Waals surface area contributed by atoms with Crippen LogP contribution in [0.25, 0.3) is 0 Å². The first-order valence-corrected chi connectivity index (χ1v) is 5.12. The third-order valence-corrected chi connectivity index (χ3v) is 2.53. The van der Waals surface area contributed by atoms with Gasteiger partial charge in [0, 0.05) is 6.61 Å². The molecule has 0 unspecified atom stereocenters. The largest absolute Gasteiger partial charge is 0.377 e. The van der Waals surface area contributed by atoms with E-state index in [1.807, 2.05) is 13.0 Å². The van der Waals surface area contributed by atoms with Gasteiger partial charge in [-0.25, -0.2) is 0 Å². The summed E-state index contributed by atoms with van der Waals surface area (Å²) >= 11 is 0. The Morgan fingerprint density at radius 2 is 2.00 bits per heavy atom. The quantitative estimate of drug-likeness (QED) is 0.463. The lowest BCUT2D eigenvalue weighted by Gasteiger charge is -2.20. The molecule has 70 valence electrons. The second-order valence-corrected chi connectivity index (χ2v) is 3.61. The van der Waals surface area contributed by atoms with Crippen molar-refractivity contribution in [2.75, 3.05) is 13.2 Å². The van der Waals surface area contributed by atoms with Gasteiger partial charge in [-0.05, 0) is 25.7 Å². The molecule has 1 heteroatoms. The summed E-state index contributed by atoms with van der Waals surface area (Å²) in [6.07, 6.45) is 11.1. The molecule has 0 saturated heterocycles. The highest BCUT2D eigenvalue weighted by Gasteiger charge is 2.12. The first kappa shape index (κ1) is 9.79. The Morgan fingerprint density at radius 1 is 1.25 bits per heavy atom. The molecule has 0 aromatic rings. The average Bonchev–Trinajstić information content (AvgIpc) is 2.14. The first-order valence-electron chi connectivity index (χ1n) is 5.12. The summed E-state index contributed by atoms with van der Waals surface area (Å²) in [7, 11) is 0.